The third kappa shape index (κ3) is 6.06. The molecule has 7 unspecified atom stereocenters. The van der Waals surface area contributed by atoms with Crippen LogP contribution in [0.1, 0.15) is 71.1 Å². The van der Waals surface area contributed by atoms with Crippen molar-refractivity contribution >= 4 is 5.78 Å². The second-order valence-electron chi connectivity index (χ2n) is 11.3. The Morgan fingerprint density at radius 1 is 1.16 bits per heavy atom. The Morgan fingerprint density at radius 3 is 2.73 bits per heavy atom. The third-order valence-electron chi connectivity index (χ3n) is 8.99. The number of rotatable bonds is 8. The lowest BCUT2D eigenvalue weighted by Crippen LogP contribution is -2.50. The zero-order chi connectivity index (χ0) is 25.9. The van der Waals surface area contributed by atoms with E-state index in [1.807, 2.05) is 6.08 Å². The largest absolute Gasteiger partial charge is 0.498 e. The van der Waals surface area contributed by atoms with Gasteiger partial charge in [-0.15, -0.1) is 0 Å². The molecule has 0 aromatic rings. The smallest absolute Gasteiger partial charge is 0.219 e. The van der Waals surface area contributed by atoms with Crippen molar-refractivity contribution in [3.8, 4) is 0 Å². The molecule has 0 aromatic carbocycles. The molecule has 0 saturated carbocycles. The number of hydrogen-bond acceptors (Lipinski definition) is 7. The number of carbonyl (C=O) groups excluding carboxylic acids is 1. The number of hydrogen-bond donors (Lipinski definition) is 2. The van der Waals surface area contributed by atoms with E-state index in [2.05, 4.69) is 18.2 Å². The maximum absolute atomic E-state index is 11.9. The van der Waals surface area contributed by atoms with Crippen molar-refractivity contribution in [2.75, 3.05) is 13.7 Å². The van der Waals surface area contributed by atoms with Crippen LogP contribution in [-0.2, 0) is 23.7 Å². The molecule has 1 aliphatic heterocycles. The third-order valence-corrected chi connectivity index (χ3v) is 8.99. The molecule has 7 heteroatoms. The Labute approximate surface area is 220 Å². The summed E-state index contributed by atoms with van der Waals surface area (Å²) in [5.41, 5.74) is 1.66. The second kappa shape index (κ2) is 11.9. The van der Waals surface area contributed by atoms with E-state index in [1.165, 1.54) is 19.3 Å². The van der Waals surface area contributed by atoms with Crippen LogP contribution in [0.3, 0.4) is 0 Å². The fourth-order valence-electron chi connectivity index (χ4n) is 6.80. The van der Waals surface area contributed by atoms with Gasteiger partial charge in [0.1, 0.15) is 11.5 Å². The fourth-order valence-corrected chi connectivity index (χ4v) is 6.80. The van der Waals surface area contributed by atoms with Crippen LogP contribution >= 0.6 is 0 Å². The summed E-state index contributed by atoms with van der Waals surface area (Å²) in [7, 11) is 1.64. The summed E-state index contributed by atoms with van der Waals surface area (Å²) >= 11 is 0. The van der Waals surface area contributed by atoms with E-state index >= 15 is 0 Å². The molecule has 0 amide bonds. The van der Waals surface area contributed by atoms with Crippen LogP contribution in [0.5, 0.6) is 0 Å². The first-order valence-electron chi connectivity index (χ1n) is 14.1. The van der Waals surface area contributed by atoms with Gasteiger partial charge in [-0.05, 0) is 81.3 Å². The van der Waals surface area contributed by atoms with Crippen molar-refractivity contribution in [1.82, 2.24) is 0 Å². The first-order valence-corrected chi connectivity index (χ1v) is 14.1. The molecule has 5 aliphatic rings. The molecule has 37 heavy (non-hydrogen) atoms. The van der Waals surface area contributed by atoms with Gasteiger partial charge < -0.3 is 29.2 Å². The second-order valence-corrected chi connectivity index (χ2v) is 11.3. The molecule has 7 nitrogen and oxygen atoms in total. The first kappa shape index (κ1) is 26.7. The minimum Gasteiger partial charge on any atom is -0.498 e. The Bertz CT molecular complexity index is 963. The summed E-state index contributed by atoms with van der Waals surface area (Å²) in [6.45, 7) is 2.35. The molecular weight excluding hydrogens is 472 g/mol. The number of ketones is 1. The molecular formula is C30H42O7. The van der Waals surface area contributed by atoms with Crippen LogP contribution in [0.15, 0.2) is 47.0 Å². The number of methoxy groups -OCH3 is 1. The molecule has 204 valence electrons. The van der Waals surface area contributed by atoms with Crippen LogP contribution in [-0.4, -0.2) is 54.5 Å². The van der Waals surface area contributed by atoms with Crippen LogP contribution < -0.4 is 0 Å². The molecule has 0 bridgehead atoms. The van der Waals surface area contributed by atoms with Crippen LogP contribution in [0.4, 0.5) is 0 Å². The molecule has 0 radical (unpaired) electrons. The number of carbonyl (C=O) groups is 1. The van der Waals surface area contributed by atoms with Crippen LogP contribution in [0.25, 0.3) is 0 Å². The normalized spacial score (nSPS) is 36.6. The van der Waals surface area contributed by atoms with Crippen molar-refractivity contribution in [2.24, 2.45) is 23.7 Å². The maximum atomic E-state index is 11.9. The molecule has 0 aromatic heterocycles. The highest BCUT2D eigenvalue weighted by molar-refractivity contribution is 5.93. The van der Waals surface area contributed by atoms with E-state index in [0.29, 0.717) is 24.5 Å². The highest BCUT2D eigenvalue weighted by atomic mass is 16.6. The van der Waals surface area contributed by atoms with Crippen molar-refractivity contribution < 1.29 is 34.0 Å². The summed E-state index contributed by atoms with van der Waals surface area (Å²) in [6, 6.07) is 0. The molecule has 5 rings (SSSR count). The van der Waals surface area contributed by atoms with Gasteiger partial charge in [0.05, 0.1) is 25.9 Å². The highest BCUT2D eigenvalue weighted by Gasteiger charge is 2.48. The van der Waals surface area contributed by atoms with Gasteiger partial charge in [-0.3, -0.25) is 4.79 Å². The molecule has 2 N–H and O–H groups in total. The minimum absolute atomic E-state index is 0.0647. The number of aliphatic hydroxyl groups is 2. The van der Waals surface area contributed by atoms with Crippen LogP contribution in [0, 0.1) is 23.7 Å². The number of ether oxygens (including phenoxy) is 4. The lowest BCUT2D eigenvalue weighted by Gasteiger charge is -2.48. The van der Waals surface area contributed by atoms with Crippen LogP contribution in [0.2, 0.25) is 0 Å². The van der Waals surface area contributed by atoms with E-state index in [9.17, 15) is 15.0 Å². The predicted molar refractivity (Wildman–Crippen MR) is 138 cm³/mol. The van der Waals surface area contributed by atoms with Gasteiger partial charge >= 0.3 is 0 Å². The highest BCUT2D eigenvalue weighted by Crippen LogP contribution is 2.49. The summed E-state index contributed by atoms with van der Waals surface area (Å²) < 4.78 is 24.0. The minimum atomic E-state index is -1.03. The monoisotopic (exact) mass is 514 g/mol. The van der Waals surface area contributed by atoms with E-state index in [1.54, 1.807) is 14.0 Å². The molecule has 1 saturated heterocycles. The van der Waals surface area contributed by atoms with E-state index in [0.717, 1.165) is 55.6 Å². The average molecular weight is 515 g/mol. The van der Waals surface area contributed by atoms with Crippen molar-refractivity contribution in [3.05, 3.63) is 47.0 Å². The van der Waals surface area contributed by atoms with Gasteiger partial charge in [0.15, 0.2) is 12.1 Å². The molecule has 1 fully saturated rings. The molecule has 0 spiro atoms. The number of fused-ring (bicyclic) bond motifs is 3. The molecule has 4 aliphatic carbocycles. The van der Waals surface area contributed by atoms with Gasteiger partial charge in [0.2, 0.25) is 6.29 Å². The first-order chi connectivity index (χ1) is 17.9. The predicted octanol–water partition coefficient (Wildman–Crippen LogP) is 4.70. The van der Waals surface area contributed by atoms with Gasteiger partial charge in [-0.25, -0.2) is 0 Å². The van der Waals surface area contributed by atoms with E-state index < -0.39 is 12.6 Å². The lowest BCUT2D eigenvalue weighted by molar-refractivity contribution is -0.232. The average Bonchev–Trinajstić information content (AvgIpc) is 2.92. The SMILES string of the molecule is COC1=C(OC(O)C2=CCC(OCC3C=CCCC3)CC2)CC2OC(O)C3C=C(C(C)=O)CC[C@@H]3C2C1. The summed E-state index contributed by atoms with van der Waals surface area (Å²) in [5, 5.41) is 21.7. The number of allylic oxidation sites excluding steroid dienone is 3. The number of Topliss-reactive ketones (excluding diaryl/α,β-unsaturated/α-hetero) is 1. The zero-order valence-electron chi connectivity index (χ0n) is 22.1. The van der Waals surface area contributed by atoms with E-state index in [-0.39, 0.29) is 35.7 Å². The quantitative estimate of drug-likeness (QED) is 0.358. The Morgan fingerprint density at radius 2 is 2.03 bits per heavy atom. The topological polar surface area (TPSA) is 94.5 Å². The molecule has 1 heterocycles. The Balaban J connectivity index is 1.19. The van der Waals surface area contributed by atoms with Crippen molar-refractivity contribution in [1.29, 1.82) is 0 Å². The summed E-state index contributed by atoms with van der Waals surface area (Å²) in [6.07, 6.45) is 15.2. The molecule has 8 atom stereocenters. The zero-order valence-corrected chi connectivity index (χ0v) is 22.1. The maximum Gasteiger partial charge on any atom is 0.219 e. The Kier molecular flexibility index (Phi) is 8.54. The van der Waals surface area contributed by atoms with E-state index in [4.69, 9.17) is 18.9 Å². The van der Waals surface area contributed by atoms with Gasteiger partial charge in [0.25, 0.3) is 0 Å². The lowest BCUT2D eigenvalue weighted by atomic mass is 9.66. The van der Waals surface area contributed by atoms with Crippen molar-refractivity contribution in [3.63, 3.8) is 0 Å². The number of aliphatic hydroxyl groups excluding tert-OH is 2. The fraction of sp³-hybridized carbons (Fsp3) is 0.700. The van der Waals surface area contributed by atoms with Crippen molar-refractivity contribution in [2.45, 2.75) is 95.9 Å². The Hall–Kier alpha value is -1.93. The summed E-state index contributed by atoms with van der Waals surface area (Å²) in [5.74, 6) is 2.13. The standard InChI is InChI=1S/C30H42O7/c1-18(31)21-10-13-23-24-15-27(34-2)28(16-26(24)36-30(33)25(23)14-21)37-29(32)20-8-11-22(12-9-20)35-17-19-6-4-3-5-7-19/h4,6,8,14,19,22-26,29-30,32-33H,3,5,7,9-13,15-17H2,1-2H3/t19?,22?,23-,24?,25?,26?,29?,30?/m1/s1. The van der Waals surface area contributed by atoms with Gasteiger partial charge in [-0.1, -0.05) is 24.3 Å². The summed E-state index contributed by atoms with van der Waals surface area (Å²) in [4.78, 5) is 11.9. The van der Waals surface area contributed by atoms with Gasteiger partial charge in [0, 0.05) is 24.7 Å². The van der Waals surface area contributed by atoms with Gasteiger partial charge in [-0.2, -0.15) is 0 Å².